The number of ether oxygens (including phenoxy) is 1. The molecule has 0 fully saturated rings. The first kappa shape index (κ1) is 19.7. The summed E-state index contributed by atoms with van der Waals surface area (Å²) in [5, 5.41) is 9.69. The maximum Gasteiger partial charge on any atom is 0.187 e. The lowest BCUT2D eigenvalue weighted by molar-refractivity contribution is -0.122. The van der Waals surface area contributed by atoms with Crippen molar-refractivity contribution in [3.8, 4) is 5.75 Å². The Labute approximate surface area is 152 Å². The van der Waals surface area contributed by atoms with Gasteiger partial charge in [0.1, 0.15) is 11.9 Å². The van der Waals surface area contributed by atoms with Crippen molar-refractivity contribution >= 4 is 11.4 Å². The second-order valence-corrected chi connectivity index (χ2v) is 7.04. The van der Waals surface area contributed by atoms with Crippen molar-refractivity contribution in [3.63, 3.8) is 0 Å². The average Bonchev–Trinajstić information content (AvgIpc) is 2.88. The molecule has 0 spiro atoms. The van der Waals surface area contributed by atoms with Crippen LogP contribution in [-0.4, -0.2) is 23.6 Å². The molecule has 138 valence electrons. The van der Waals surface area contributed by atoms with Gasteiger partial charge >= 0.3 is 0 Å². The number of hydrogen-bond acceptors (Lipinski definition) is 3. The van der Waals surface area contributed by atoms with Crippen LogP contribution in [0.5, 0.6) is 5.75 Å². The minimum atomic E-state index is -0.868. The summed E-state index contributed by atoms with van der Waals surface area (Å²) in [6.45, 7) is 4.80. The van der Waals surface area contributed by atoms with Gasteiger partial charge in [-0.15, -0.1) is 0 Å². The van der Waals surface area contributed by atoms with Crippen LogP contribution >= 0.6 is 0 Å². The largest absolute Gasteiger partial charge is 0.494 e. The first-order valence-electron chi connectivity index (χ1n) is 9.78. The van der Waals surface area contributed by atoms with E-state index in [0.717, 1.165) is 29.9 Å². The van der Waals surface area contributed by atoms with Crippen LogP contribution in [0.1, 0.15) is 77.2 Å². The van der Waals surface area contributed by atoms with E-state index in [4.69, 9.17) is 4.74 Å². The Morgan fingerprint density at radius 1 is 1.00 bits per heavy atom. The second kappa shape index (κ2) is 10.4. The zero-order valence-electron chi connectivity index (χ0n) is 15.7. The summed E-state index contributed by atoms with van der Waals surface area (Å²) < 4.78 is 5.81. The lowest BCUT2D eigenvalue weighted by Gasteiger charge is -2.08. The van der Waals surface area contributed by atoms with Gasteiger partial charge in [-0.05, 0) is 42.2 Å². The van der Waals surface area contributed by atoms with Crippen LogP contribution in [0.3, 0.4) is 0 Å². The van der Waals surface area contributed by atoms with Crippen molar-refractivity contribution in [2.75, 3.05) is 6.61 Å². The van der Waals surface area contributed by atoms with E-state index in [1.807, 2.05) is 24.3 Å². The van der Waals surface area contributed by atoms with Gasteiger partial charge in [0.25, 0.3) is 0 Å². The summed E-state index contributed by atoms with van der Waals surface area (Å²) in [6.07, 6.45) is 9.93. The molecule has 0 saturated heterocycles. The van der Waals surface area contributed by atoms with Gasteiger partial charge in [0.2, 0.25) is 0 Å². The van der Waals surface area contributed by atoms with Crippen LogP contribution in [0, 0.1) is 0 Å². The third-order valence-electron chi connectivity index (χ3n) is 4.99. The summed E-state index contributed by atoms with van der Waals surface area (Å²) in [5.74, 6) is 0.722. The Kier molecular flexibility index (Phi) is 8.20. The zero-order chi connectivity index (χ0) is 18.1. The minimum Gasteiger partial charge on any atom is -0.494 e. The Bertz CT molecular complexity index is 571. The minimum absolute atomic E-state index is 0.148. The average molecular weight is 344 g/mol. The molecule has 3 nitrogen and oxygen atoms in total. The monoisotopic (exact) mass is 344 g/mol. The molecule has 3 heteroatoms. The molecule has 1 unspecified atom stereocenters. The molecule has 25 heavy (non-hydrogen) atoms. The van der Waals surface area contributed by atoms with Crippen molar-refractivity contribution < 1.29 is 14.6 Å². The summed E-state index contributed by atoms with van der Waals surface area (Å²) in [6, 6.07) is 7.87. The quantitative estimate of drug-likeness (QED) is 0.553. The third kappa shape index (κ3) is 6.00. The zero-order valence-corrected chi connectivity index (χ0v) is 15.7. The second-order valence-electron chi connectivity index (χ2n) is 7.04. The van der Waals surface area contributed by atoms with Gasteiger partial charge in [-0.3, -0.25) is 4.79 Å². The van der Waals surface area contributed by atoms with Crippen molar-refractivity contribution in [2.45, 2.75) is 77.7 Å². The molecule has 0 amide bonds. The number of Topliss-reactive ketones (excluding diaryl/α,β-unsaturated/α-hetero) is 1. The van der Waals surface area contributed by atoms with Crippen LogP contribution in [0.25, 0.3) is 5.57 Å². The van der Waals surface area contributed by atoms with E-state index >= 15 is 0 Å². The number of unbranched alkanes of at least 4 members (excludes halogenated alkanes) is 7. The van der Waals surface area contributed by atoms with E-state index in [-0.39, 0.29) is 5.78 Å². The highest BCUT2D eigenvalue weighted by Crippen LogP contribution is 2.32. The van der Waals surface area contributed by atoms with Crippen LogP contribution < -0.4 is 4.74 Å². The molecule has 1 N–H and O–H groups in total. The molecular formula is C22H32O3. The molecule has 0 aliphatic heterocycles. The molecule has 1 aliphatic carbocycles. The molecule has 0 aromatic heterocycles. The smallest absolute Gasteiger partial charge is 0.187 e. The van der Waals surface area contributed by atoms with Crippen molar-refractivity contribution in [2.24, 2.45) is 0 Å². The van der Waals surface area contributed by atoms with Crippen LogP contribution in [0.4, 0.5) is 0 Å². The number of carbonyl (C=O) groups is 1. The van der Waals surface area contributed by atoms with Gasteiger partial charge in [0.05, 0.1) is 6.61 Å². The lowest BCUT2D eigenvalue weighted by Crippen LogP contribution is -2.13. The van der Waals surface area contributed by atoms with Gasteiger partial charge < -0.3 is 9.84 Å². The summed E-state index contributed by atoms with van der Waals surface area (Å²) >= 11 is 0. The number of benzene rings is 1. The van der Waals surface area contributed by atoms with Crippen molar-refractivity contribution in [3.05, 3.63) is 35.4 Å². The van der Waals surface area contributed by atoms with Crippen molar-refractivity contribution in [1.29, 1.82) is 0 Å². The number of aliphatic hydroxyl groups is 1. The van der Waals surface area contributed by atoms with E-state index < -0.39 is 6.10 Å². The summed E-state index contributed by atoms with van der Waals surface area (Å²) in [4.78, 5) is 11.7. The Morgan fingerprint density at radius 3 is 2.16 bits per heavy atom. The van der Waals surface area contributed by atoms with Gasteiger partial charge in [-0.2, -0.15) is 0 Å². The predicted octanol–water partition coefficient (Wildman–Crippen LogP) is 5.31. The highest BCUT2D eigenvalue weighted by atomic mass is 16.5. The van der Waals surface area contributed by atoms with Crippen LogP contribution in [-0.2, 0) is 4.79 Å². The fourth-order valence-electron chi connectivity index (χ4n) is 3.35. The molecule has 1 aliphatic rings. The summed E-state index contributed by atoms with van der Waals surface area (Å²) in [7, 11) is 0. The summed E-state index contributed by atoms with van der Waals surface area (Å²) in [5.41, 5.74) is 2.63. The number of hydrogen-bond donors (Lipinski definition) is 1. The molecule has 1 aromatic rings. The van der Waals surface area contributed by atoms with Crippen LogP contribution in [0.2, 0.25) is 0 Å². The first-order valence-corrected chi connectivity index (χ1v) is 9.78. The fourth-order valence-corrected chi connectivity index (χ4v) is 3.35. The molecule has 0 heterocycles. The Morgan fingerprint density at radius 2 is 1.60 bits per heavy atom. The Hall–Kier alpha value is -1.61. The number of ketones is 1. The maximum absolute atomic E-state index is 11.7. The topological polar surface area (TPSA) is 46.5 Å². The molecule has 0 saturated carbocycles. The number of rotatable bonds is 11. The Balaban J connectivity index is 1.67. The molecule has 1 atom stereocenters. The molecule has 0 bridgehead atoms. The third-order valence-corrected chi connectivity index (χ3v) is 4.99. The van der Waals surface area contributed by atoms with E-state index in [1.54, 1.807) is 6.92 Å². The highest BCUT2D eigenvalue weighted by molar-refractivity contribution is 6.09. The maximum atomic E-state index is 11.7. The van der Waals surface area contributed by atoms with Gasteiger partial charge in [-0.25, -0.2) is 0 Å². The van der Waals surface area contributed by atoms with Gasteiger partial charge in [0.15, 0.2) is 5.78 Å². The first-order chi connectivity index (χ1) is 12.1. The SMILES string of the molecule is CCCCCCCCCCOc1ccc(C2=C(C)C(=O)C(O)C2)cc1. The number of aliphatic hydroxyl groups excluding tert-OH is 1. The van der Waals surface area contributed by atoms with E-state index in [0.29, 0.717) is 12.0 Å². The predicted molar refractivity (Wildman–Crippen MR) is 103 cm³/mol. The van der Waals surface area contributed by atoms with Crippen LogP contribution in [0.15, 0.2) is 29.8 Å². The molecule has 2 rings (SSSR count). The van der Waals surface area contributed by atoms with E-state index in [9.17, 15) is 9.90 Å². The van der Waals surface area contributed by atoms with Gasteiger partial charge in [-0.1, -0.05) is 64.0 Å². The van der Waals surface area contributed by atoms with E-state index in [1.165, 1.54) is 44.9 Å². The number of carbonyl (C=O) groups excluding carboxylic acids is 1. The highest BCUT2D eigenvalue weighted by Gasteiger charge is 2.29. The molecule has 1 aromatic carbocycles. The van der Waals surface area contributed by atoms with Crippen molar-refractivity contribution in [1.82, 2.24) is 0 Å². The molecular weight excluding hydrogens is 312 g/mol. The molecule has 0 radical (unpaired) electrons. The van der Waals surface area contributed by atoms with E-state index in [2.05, 4.69) is 6.92 Å². The van der Waals surface area contributed by atoms with Gasteiger partial charge in [0, 0.05) is 6.42 Å². The fraction of sp³-hybridized carbons (Fsp3) is 0.591. The lowest BCUT2D eigenvalue weighted by atomic mass is 10.0. The normalized spacial score (nSPS) is 17.4. The standard InChI is InChI=1S/C22H32O3/c1-3-4-5-6-7-8-9-10-15-25-19-13-11-18(12-14-19)20-16-21(23)22(24)17(20)2/h11-14,21,23H,3-10,15-16H2,1-2H3.